The van der Waals surface area contributed by atoms with Gasteiger partial charge in [0.1, 0.15) is 15.5 Å². The molecule has 1 amide bonds. The Labute approximate surface area is 192 Å². The van der Waals surface area contributed by atoms with Gasteiger partial charge in [0, 0.05) is 12.2 Å². The maximum absolute atomic E-state index is 12.4. The van der Waals surface area contributed by atoms with E-state index in [1.54, 1.807) is 29.6 Å². The maximum atomic E-state index is 12.4. The zero-order valence-electron chi connectivity index (χ0n) is 16.9. The third-order valence-corrected chi connectivity index (χ3v) is 7.27. The van der Waals surface area contributed by atoms with Crippen LogP contribution >= 0.6 is 11.3 Å². The smallest absolute Gasteiger partial charge is 0.342 e. The second-order valence-corrected chi connectivity index (χ2v) is 9.67. The molecular formula is C21H18N2O8S2. The van der Waals surface area contributed by atoms with Crippen molar-refractivity contribution in [3.8, 4) is 17.2 Å². The third kappa shape index (κ3) is 5.35. The van der Waals surface area contributed by atoms with Gasteiger partial charge in [-0.1, -0.05) is 12.1 Å². The van der Waals surface area contributed by atoms with Gasteiger partial charge in [-0.3, -0.25) is 9.52 Å². The molecule has 1 aliphatic heterocycles. The van der Waals surface area contributed by atoms with E-state index in [2.05, 4.69) is 10.0 Å². The highest BCUT2D eigenvalue weighted by Crippen LogP contribution is 2.32. The molecule has 4 rings (SSSR count). The summed E-state index contributed by atoms with van der Waals surface area (Å²) in [5.41, 5.74) is 0.535. The molecule has 172 valence electrons. The Morgan fingerprint density at radius 3 is 2.70 bits per heavy atom. The van der Waals surface area contributed by atoms with Crippen molar-refractivity contribution in [3.63, 3.8) is 0 Å². The maximum Gasteiger partial charge on any atom is 0.342 e. The van der Waals surface area contributed by atoms with Gasteiger partial charge < -0.3 is 24.6 Å². The lowest BCUT2D eigenvalue weighted by Crippen LogP contribution is -2.28. The summed E-state index contributed by atoms with van der Waals surface area (Å²) in [5, 5.41) is 14.2. The molecule has 0 saturated carbocycles. The molecule has 3 aromatic rings. The van der Waals surface area contributed by atoms with E-state index < -0.39 is 34.3 Å². The fourth-order valence-electron chi connectivity index (χ4n) is 2.90. The van der Waals surface area contributed by atoms with Crippen molar-refractivity contribution in [1.29, 1.82) is 0 Å². The van der Waals surface area contributed by atoms with Gasteiger partial charge in [0.25, 0.3) is 15.9 Å². The number of amides is 1. The summed E-state index contributed by atoms with van der Waals surface area (Å²) in [6, 6.07) is 11.8. The molecule has 0 atom stereocenters. The van der Waals surface area contributed by atoms with Crippen LogP contribution in [0.3, 0.4) is 0 Å². The number of carbonyl (C=O) groups excluding carboxylic acids is 2. The number of phenols is 1. The van der Waals surface area contributed by atoms with Crippen LogP contribution in [-0.2, 0) is 26.1 Å². The number of rotatable bonds is 8. The van der Waals surface area contributed by atoms with Crippen LogP contribution < -0.4 is 19.5 Å². The molecule has 2 heterocycles. The Balaban J connectivity index is 1.33. The van der Waals surface area contributed by atoms with E-state index in [0.29, 0.717) is 11.5 Å². The number of hydrogen-bond donors (Lipinski definition) is 3. The third-order valence-electron chi connectivity index (χ3n) is 4.49. The Kier molecular flexibility index (Phi) is 6.38. The van der Waals surface area contributed by atoms with Gasteiger partial charge >= 0.3 is 5.97 Å². The highest BCUT2D eigenvalue weighted by molar-refractivity contribution is 7.94. The number of benzene rings is 2. The van der Waals surface area contributed by atoms with Crippen LogP contribution in [0.5, 0.6) is 17.2 Å². The molecule has 0 unspecified atom stereocenters. The molecule has 3 N–H and O–H groups in total. The van der Waals surface area contributed by atoms with Gasteiger partial charge in [-0.05, 0) is 47.3 Å². The molecule has 0 fully saturated rings. The van der Waals surface area contributed by atoms with E-state index >= 15 is 0 Å². The average Bonchev–Trinajstić information content (AvgIpc) is 3.49. The number of thiophene rings is 1. The molecule has 2 aromatic carbocycles. The molecule has 33 heavy (non-hydrogen) atoms. The molecule has 1 aliphatic rings. The normalized spacial score (nSPS) is 12.2. The molecule has 0 spiro atoms. The van der Waals surface area contributed by atoms with Crippen molar-refractivity contribution in [2.24, 2.45) is 0 Å². The molecule has 0 bridgehead atoms. The zero-order valence-corrected chi connectivity index (χ0v) is 18.6. The largest absolute Gasteiger partial charge is 0.507 e. The van der Waals surface area contributed by atoms with Crippen LogP contribution in [0.25, 0.3) is 0 Å². The fraction of sp³-hybridized carbons (Fsp3) is 0.143. The van der Waals surface area contributed by atoms with E-state index in [-0.39, 0.29) is 28.8 Å². The number of phenolic OH excluding ortho intramolecular Hbond substituents is 1. The van der Waals surface area contributed by atoms with Gasteiger partial charge in [0.2, 0.25) is 6.79 Å². The van der Waals surface area contributed by atoms with E-state index in [1.807, 2.05) is 0 Å². The molecule has 0 aliphatic carbocycles. The number of aromatic hydroxyl groups is 1. The second kappa shape index (κ2) is 9.38. The van der Waals surface area contributed by atoms with Crippen LogP contribution in [-0.4, -0.2) is 38.8 Å². The van der Waals surface area contributed by atoms with Crippen molar-refractivity contribution >= 4 is 38.9 Å². The first-order chi connectivity index (χ1) is 15.8. The number of anilines is 1. The quantitative estimate of drug-likeness (QED) is 0.323. The van der Waals surface area contributed by atoms with E-state index in [9.17, 15) is 23.1 Å². The van der Waals surface area contributed by atoms with Crippen molar-refractivity contribution in [1.82, 2.24) is 5.32 Å². The first kappa shape index (κ1) is 22.4. The predicted molar refractivity (Wildman–Crippen MR) is 118 cm³/mol. The van der Waals surface area contributed by atoms with Gasteiger partial charge in [0.05, 0.1) is 0 Å². The summed E-state index contributed by atoms with van der Waals surface area (Å²) in [4.78, 5) is 24.4. The average molecular weight is 491 g/mol. The topological polar surface area (TPSA) is 140 Å². The lowest BCUT2D eigenvalue weighted by atomic mass is 10.2. The van der Waals surface area contributed by atoms with Crippen LogP contribution in [0.4, 0.5) is 5.69 Å². The molecule has 12 heteroatoms. The predicted octanol–water partition coefficient (Wildman–Crippen LogP) is 2.46. The number of hydrogen-bond acceptors (Lipinski definition) is 9. The van der Waals surface area contributed by atoms with Gasteiger partial charge in [-0.15, -0.1) is 11.3 Å². The van der Waals surface area contributed by atoms with Gasteiger partial charge in [-0.2, -0.15) is 0 Å². The Hall–Kier alpha value is -3.77. The lowest BCUT2D eigenvalue weighted by Gasteiger charge is -2.10. The first-order valence-corrected chi connectivity index (χ1v) is 11.9. The number of esters is 1. The van der Waals surface area contributed by atoms with E-state index in [1.165, 1.54) is 12.1 Å². The van der Waals surface area contributed by atoms with Gasteiger partial charge in [-0.25, -0.2) is 13.2 Å². The minimum Gasteiger partial charge on any atom is -0.507 e. The number of sulfonamides is 1. The minimum absolute atomic E-state index is 0.0559. The Morgan fingerprint density at radius 1 is 1.09 bits per heavy atom. The Bertz CT molecular complexity index is 1290. The summed E-state index contributed by atoms with van der Waals surface area (Å²) in [5.74, 6) is -0.755. The minimum atomic E-state index is -3.83. The van der Waals surface area contributed by atoms with E-state index in [0.717, 1.165) is 29.0 Å². The summed E-state index contributed by atoms with van der Waals surface area (Å²) >= 11 is 1.03. The number of fused-ring (bicyclic) bond motifs is 1. The lowest BCUT2D eigenvalue weighted by molar-refractivity contribution is -0.124. The SMILES string of the molecule is O=C(COC(=O)c1cc(NS(=O)(=O)c2cccs2)ccc1O)NCc1ccc2c(c1)OCO2. The number of nitrogens with one attached hydrogen (secondary N) is 2. The molecule has 0 radical (unpaired) electrons. The molecule has 0 saturated heterocycles. The molecule has 10 nitrogen and oxygen atoms in total. The fourth-order valence-corrected chi connectivity index (χ4v) is 4.94. The summed E-state index contributed by atoms with van der Waals surface area (Å²) in [6.45, 7) is -0.267. The standard InChI is InChI=1S/C21H18N2O8S2/c24-16-5-4-14(23-33(27,28)20-2-1-7-32-20)9-15(16)21(26)29-11-19(25)22-10-13-3-6-17-18(8-13)31-12-30-17/h1-9,23-24H,10-12H2,(H,22,25). The summed E-state index contributed by atoms with van der Waals surface area (Å²) in [7, 11) is -3.83. The highest BCUT2D eigenvalue weighted by atomic mass is 32.2. The van der Waals surface area contributed by atoms with Crippen LogP contribution in [0, 0.1) is 0 Å². The van der Waals surface area contributed by atoms with Crippen molar-refractivity contribution in [2.75, 3.05) is 18.1 Å². The molecular weight excluding hydrogens is 472 g/mol. The van der Waals surface area contributed by atoms with Crippen LogP contribution in [0.15, 0.2) is 58.1 Å². The summed E-state index contributed by atoms with van der Waals surface area (Å²) < 4.78 is 42.6. The zero-order chi connectivity index (χ0) is 23.4. The summed E-state index contributed by atoms with van der Waals surface area (Å²) in [6.07, 6.45) is 0. The van der Waals surface area contributed by atoms with Crippen LogP contribution in [0.1, 0.15) is 15.9 Å². The van der Waals surface area contributed by atoms with Crippen LogP contribution in [0.2, 0.25) is 0 Å². The molecule has 1 aromatic heterocycles. The second-order valence-electron chi connectivity index (χ2n) is 6.81. The van der Waals surface area contributed by atoms with Crippen molar-refractivity contribution < 1.29 is 37.3 Å². The van der Waals surface area contributed by atoms with E-state index in [4.69, 9.17) is 14.2 Å². The first-order valence-electron chi connectivity index (χ1n) is 9.53. The van der Waals surface area contributed by atoms with Crippen molar-refractivity contribution in [3.05, 3.63) is 65.0 Å². The highest BCUT2D eigenvalue weighted by Gasteiger charge is 2.19. The van der Waals surface area contributed by atoms with Crippen molar-refractivity contribution in [2.45, 2.75) is 10.8 Å². The Morgan fingerprint density at radius 2 is 1.91 bits per heavy atom. The number of carbonyl (C=O) groups is 2. The van der Waals surface area contributed by atoms with Gasteiger partial charge in [0.15, 0.2) is 18.1 Å². The monoisotopic (exact) mass is 490 g/mol. The number of ether oxygens (including phenoxy) is 3.